The quantitative estimate of drug-likeness (QED) is 0.191. The molecule has 12 heteroatoms. The zero-order valence-electron chi connectivity index (χ0n) is 7.35. The van der Waals surface area contributed by atoms with Gasteiger partial charge in [-0.15, -0.1) is 0 Å². The van der Waals surface area contributed by atoms with Crippen LogP contribution in [0.3, 0.4) is 0 Å². The second kappa shape index (κ2) is 6.25. The molecule has 0 atom stereocenters. The molecule has 0 heterocycles. The van der Waals surface area contributed by atoms with Crippen molar-refractivity contribution in [2.75, 3.05) is 0 Å². The number of rotatable bonds is 2. The van der Waals surface area contributed by atoms with Crippen LogP contribution in [0.15, 0.2) is 0 Å². The molecule has 0 radical (unpaired) electrons. The van der Waals surface area contributed by atoms with E-state index in [1.165, 1.54) is 9.44 Å². The van der Waals surface area contributed by atoms with E-state index in [0.717, 1.165) is 0 Å². The van der Waals surface area contributed by atoms with E-state index in [1.54, 1.807) is 0 Å². The maximum atomic E-state index is 10.4. The van der Waals surface area contributed by atoms with Gasteiger partial charge in [-0.25, -0.2) is 19.0 Å². The number of urea groups is 2. The van der Waals surface area contributed by atoms with Gasteiger partial charge in [-0.1, -0.05) is 0 Å². The average Bonchev–Trinajstić information content (AvgIpc) is 1.75. The molecule has 11 N–H and O–H groups in total. The van der Waals surface area contributed by atoms with E-state index >= 15 is 0 Å². The summed E-state index contributed by atoms with van der Waals surface area (Å²) in [6, 6.07) is -2.61. The fourth-order valence-corrected chi connectivity index (χ4v) is 0.871. The summed E-state index contributed by atoms with van der Waals surface area (Å²) in [6.45, 7) is 0. The zero-order valence-corrected chi connectivity index (χ0v) is 8.17. The van der Waals surface area contributed by atoms with E-state index in [-0.39, 0.29) is 5.96 Å². The van der Waals surface area contributed by atoms with Crippen molar-refractivity contribution in [1.82, 2.24) is 9.44 Å². The molecule has 4 amide bonds. The minimum absolute atomic E-state index is 0.333. The highest BCUT2D eigenvalue weighted by Gasteiger charge is 2.12. The van der Waals surface area contributed by atoms with Crippen LogP contribution in [-0.4, -0.2) is 26.4 Å². The standard InChI is InChI=1S/C2H6N4O4S.CH5N3/c3-1(7)5-11(9,10)6-2(4)8;2-1(3)4/h(H3,3,5,7)(H3,4,6,8);(H5,2,3,4). The molecule has 15 heavy (non-hydrogen) atoms. The van der Waals surface area contributed by atoms with Crippen LogP contribution in [0.2, 0.25) is 0 Å². The van der Waals surface area contributed by atoms with Gasteiger partial charge in [0.25, 0.3) is 0 Å². The smallest absolute Gasteiger partial charge is 0.328 e. The molecule has 0 aliphatic rings. The largest absolute Gasteiger partial charge is 0.370 e. The summed E-state index contributed by atoms with van der Waals surface area (Å²) >= 11 is 0. The van der Waals surface area contributed by atoms with E-state index in [1.807, 2.05) is 0 Å². The number of carbonyl (C=O) groups is 2. The van der Waals surface area contributed by atoms with E-state index in [2.05, 4.69) is 22.9 Å². The molecule has 0 aromatic carbocycles. The summed E-state index contributed by atoms with van der Waals surface area (Å²) < 4.78 is 23.4. The zero-order chi connectivity index (χ0) is 12.6. The van der Waals surface area contributed by atoms with Gasteiger partial charge in [-0.3, -0.25) is 5.41 Å². The van der Waals surface area contributed by atoms with Gasteiger partial charge in [0.1, 0.15) is 0 Å². The van der Waals surface area contributed by atoms with Gasteiger partial charge in [0.2, 0.25) is 0 Å². The summed E-state index contributed by atoms with van der Waals surface area (Å²) in [4.78, 5) is 19.9. The van der Waals surface area contributed by atoms with Crippen molar-refractivity contribution in [3.63, 3.8) is 0 Å². The molecular weight excluding hydrogens is 230 g/mol. The lowest BCUT2D eigenvalue weighted by molar-refractivity contribution is 0.252. The Balaban J connectivity index is 0. The van der Waals surface area contributed by atoms with Crippen molar-refractivity contribution in [2.45, 2.75) is 0 Å². The Hall–Kier alpha value is -2.24. The fourth-order valence-electron chi connectivity index (χ4n) is 0.290. The number of carbonyl (C=O) groups excluding carboxylic acids is 2. The molecule has 0 aromatic heterocycles. The van der Waals surface area contributed by atoms with Gasteiger partial charge in [-0.05, 0) is 0 Å². The molecular formula is C3H11N7O4S. The summed E-state index contributed by atoms with van der Waals surface area (Å²) in [5.74, 6) is -0.333. The third-order valence-electron chi connectivity index (χ3n) is 0.470. The minimum atomic E-state index is -4.23. The Bertz CT molecular complexity index is 321. The van der Waals surface area contributed by atoms with Crippen molar-refractivity contribution in [2.24, 2.45) is 22.9 Å². The minimum Gasteiger partial charge on any atom is -0.370 e. The van der Waals surface area contributed by atoms with Crippen molar-refractivity contribution < 1.29 is 18.0 Å². The Kier molecular flexibility index (Phi) is 6.35. The third kappa shape index (κ3) is 18.6. The van der Waals surface area contributed by atoms with Crippen LogP contribution < -0.4 is 32.4 Å². The normalized spacial score (nSPS) is 9.07. The molecule has 0 rings (SSSR count). The SMILES string of the molecule is N=C(N)N.NC(=O)NS(=O)(=O)NC(N)=O. The average molecular weight is 241 g/mol. The molecule has 0 bridgehead atoms. The van der Waals surface area contributed by atoms with Gasteiger partial charge in [0.15, 0.2) is 5.96 Å². The molecule has 88 valence electrons. The molecule has 0 unspecified atom stereocenters. The van der Waals surface area contributed by atoms with Crippen LogP contribution in [0, 0.1) is 5.41 Å². The first-order valence-electron chi connectivity index (χ1n) is 3.05. The second-order valence-corrected chi connectivity index (χ2v) is 3.31. The first-order valence-corrected chi connectivity index (χ1v) is 4.54. The second-order valence-electron chi connectivity index (χ2n) is 1.89. The number of primary amides is 2. The molecule has 0 aliphatic carbocycles. The molecule has 0 aromatic rings. The van der Waals surface area contributed by atoms with Crippen LogP contribution in [0.4, 0.5) is 9.59 Å². The number of guanidine groups is 1. The number of hydrogen-bond donors (Lipinski definition) is 7. The summed E-state index contributed by atoms with van der Waals surface area (Å²) in [5.41, 5.74) is 17.8. The number of nitrogens with one attached hydrogen (secondary N) is 3. The van der Waals surface area contributed by atoms with Crippen LogP contribution in [0.25, 0.3) is 0 Å². The number of hydrogen-bond acceptors (Lipinski definition) is 5. The molecule has 0 spiro atoms. The first-order chi connectivity index (χ1) is 6.57. The van der Waals surface area contributed by atoms with E-state index in [9.17, 15) is 18.0 Å². The predicted octanol–water partition coefficient (Wildman–Crippen LogP) is -3.59. The lowest BCUT2D eigenvalue weighted by Gasteiger charge is -2.01. The van der Waals surface area contributed by atoms with Gasteiger partial charge >= 0.3 is 22.3 Å². The topological polar surface area (TPSA) is 220 Å². The maximum absolute atomic E-state index is 10.4. The van der Waals surface area contributed by atoms with E-state index < -0.39 is 22.3 Å². The lowest BCUT2D eigenvalue weighted by Crippen LogP contribution is -2.46. The Morgan fingerprint density at radius 1 is 0.933 bits per heavy atom. The Morgan fingerprint density at radius 3 is 1.27 bits per heavy atom. The number of amides is 4. The van der Waals surface area contributed by atoms with Crippen LogP contribution in [0.1, 0.15) is 0 Å². The van der Waals surface area contributed by atoms with E-state index in [0.29, 0.717) is 0 Å². The first kappa shape index (κ1) is 15.2. The summed E-state index contributed by atoms with van der Waals surface area (Å²) in [7, 11) is -4.23. The maximum Gasteiger partial charge on any atom is 0.328 e. The van der Waals surface area contributed by atoms with Crippen molar-refractivity contribution in [3.8, 4) is 0 Å². The molecule has 0 saturated carbocycles. The van der Waals surface area contributed by atoms with Crippen molar-refractivity contribution in [3.05, 3.63) is 0 Å². The monoisotopic (exact) mass is 241 g/mol. The summed E-state index contributed by atoms with van der Waals surface area (Å²) in [5, 5.41) is 6.06. The van der Waals surface area contributed by atoms with Crippen LogP contribution in [-0.2, 0) is 10.2 Å². The van der Waals surface area contributed by atoms with Gasteiger partial charge in [0, 0.05) is 0 Å². The van der Waals surface area contributed by atoms with Gasteiger partial charge < -0.3 is 22.9 Å². The van der Waals surface area contributed by atoms with Crippen molar-refractivity contribution in [1.29, 1.82) is 5.41 Å². The highest BCUT2D eigenvalue weighted by Crippen LogP contribution is 1.73. The van der Waals surface area contributed by atoms with Crippen molar-refractivity contribution >= 4 is 28.2 Å². The highest BCUT2D eigenvalue weighted by atomic mass is 32.2. The van der Waals surface area contributed by atoms with Gasteiger partial charge in [-0.2, -0.15) is 8.42 Å². The highest BCUT2D eigenvalue weighted by molar-refractivity contribution is 7.88. The molecule has 0 saturated heterocycles. The Morgan fingerprint density at radius 2 is 1.13 bits per heavy atom. The van der Waals surface area contributed by atoms with Crippen LogP contribution in [0.5, 0.6) is 0 Å². The third-order valence-corrected chi connectivity index (χ3v) is 1.41. The fraction of sp³-hybridized carbons (Fsp3) is 0. The van der Waals surface area contributed by atoms with E-state index in [4.69, 9.17) is 5.41 Å². The van der Waals surface area contributed by atoms with Gasteiger partial charge in [0.05, 0.1) is 0 Å². The lowest BCUT2D eigenvalue weighted by atomic mass is 11.1. The molecule has 0 aliphatic heterocycles. The summed E-state index contributed by atoms with van der Waals surface area (Å²) in [6.07, 6.45) is 0. The molecule has 11 nitrogen and oxygen atoms in total. The number of nitrogens with two attached hydrogens (primary N) is 4. The molecule has 0 fully saturated rings. The predicted molar refractivity (Wildman–Crippen MR) is 50.5 cm³/mol. The Labute approximate surface area is 84.8 Å². The van der Waals surface area contributed by atoms with Crippen LogP contribution >= 0.6 is 0 Å².